The maximum absolute atomic E-state index is 9.77. The van der Waals surface area contributed by atoms with Crippen molar-refractivity contribution in [3.63, 3.8) is 0 Å². The highest BCUT2D eigenvalue weighted by atomic mass is 79.9. The van der Waals surface area contributed by atoms with Crippen molar-refractivity contribution < 1.29 is 5.11 Å². The lowest BCUT2D eigenvalue weighted by Gasteiger charge is -1.98. The van der Waals surface area contributed by atoms with Crippen LogP contribution in [0.5, 0.6) is 5.75 Å². The number of aromatic hydroxyl groups is 1. The summed E-state index contributed by atoms with van der Waals surface area (Å²) in [6, 6.07) is 11.4. The van der Waals surface area contributed by atoms with Crippen LogP contribution in [0.25, 0.3) is 10.2 Å². The summed E-state index contributed by atoms with van der Waals surface area (Å²) in [7, 11) is 0. The van der Waals surface area contributed by atoms with E-state index >= 15 is 0 Å². The standard InChI is InChI=1S/C15H11BrN2OS/c1-9-2-5-13(19)10(6-9)8-17-15-18-12-4-3-11(16)7-14(12)20-15/h2-8,19H,1H3/b17-8+. The first-order valence-corrected chi connectivity index (χ1v) is 7.62. The Morgan fingerprint density at radius 3 is 2.95 bits per heavy atom. The summed E-state index contributed by atoms with van der Waals surface area (Å²) < 4.78 is 2.11. The lowest BCUT2D eigenvalue weighted by atomic mass is 10.1. The molecule has 3 rings (SSSR count). The lowest BCUT2D eigenvalue weighted by molar-refractivity contribution is 0.474. The Labute approximate surface area is 128 Å². The van der Waals surface area contributed by atoms with E-state index in [-0.39, 0.29) is 5.75 Å². The fourth-order valence-electron chi connectivity index (χ4n) is 1.84. The Morgan fingerprint density at radius 2 is 2.10 bits per heavy atom. The second kappa shape index (κ2) is 5.34. The van der Waals surface area contributed by atoms with Crippen LogP contribution in [0.15, 0.2) is 45.9 Å². The van der Waals surface area contributed by atoms with Gasteiger partial charge in [0.05, 0.1) is 10.2 Å². The lowest BCUT2D eigenvalue weighted by Crippen LogP contribution is -1.83. The van der Waals surface area contributed by atoms with E-state index in [1.807, 2.05) is 37.3 Å². The van der Waals surface area contributed by atoms with Gasteiger partial charge in [0.15, 0.2) is 0 Å². The Kier molecular flexibility index (Phi) is 3.54. The third-order valence-electron chi connectivity index (χ3n) is 2.84. The summed E-state index contributed by atoms with van der Waals surface area (Å²) in [5.74, 6) is 0.225. The number of phenols is 1. The Morgan fingerprint density at radius 1 is 1.25 bits per heavy atom. The second-order valence-corrected chi connectivity index (χ2v) is 6.35. The normalized spacial score (nSPS) is 11.5. The molecule has 0 radical (unpaired) electrons. The third kappa shape index (κ3) is 2.73. The molecule has 1 aromatic heterocycles. The minimum atomic E-state index is 0.225. The average Bonchev–Trinajstić information content (AvgIpc) is 2.81. The summed E-state index contributed by atoms with van der Waals surface area (Å²) in [4.78, 5) is 8.79. The summed E-state index contributed by atoms with van der Waals surface area (Å²) in [6.07, 6.45) is 1.65. The van der Waals surface area contributed by atoms with Gasteiger partial charge in [0, 0.05) is 16.3 Å². The van der Waals surface area contributed by atoms with Crippen LogP contribution in [0, 0.1) is 6.92 Å². The van der Waals surface area contributed by atoms with Gasteiger partial charge in [-0.3, -0.25) is 0 Å². The second-order valence-electron chi connectivity index (χ2n) is 4.43. The van der Waals surface area contributed by atoms with Crippen molar-refractivity contribution in [1.82, 2.24) is 4.98 Å². The zero-order chi connectivity index (χ0) is 14.1. The molecule has 0 aliphatic heterocycles. The smallest absolute Gasteiger partial charge is 0.210 e. The van der Waals surface area contributed by atoms with Gasteiger partial charge in [-0.15, -0.1) is 0 Å². The molecule has 3 nitrogen and oxygen atoms in total. The minimum absolute atomic E-state index is 0.225. The molecule has 2 aromatic carbocycles. The third-order valence-corrected chi connectivity index (χ3v) is 4.26. The van der Waals surface area contributed by atoms with Crippen LogP contribution in [-0.4, -0.2) is 16.3 Å². The molecule has 0 fully saturated rings. The monoisotopic (exact) mass is 346 g/mol. The number of phenolic OH excluding ortho intramolecular Hbond substituents is 1. The summed E-state index contributed by atoms with van der Waals surface area (Å²) in [5, 5.41) is 10.5. The molecule has 0 saturated carbocycles. The van der Waals surface area contributed by atoms with E-state index < -0.39 is 0 Å². The number of benzene rings is 2. The number of halogens is 1. The molecule has 0 amide bonds. The zero-order valence-electron chi connectivity index (χ0n) is 10.7. The molecule has 20 heavy (non-hydrogen) atoms. The molecular weight excluding hydrogens is 336 g/mol. The number of fused-ring (bicyclic) bond motifs is 1. The van der Waals surface area contributed by atoms with Crippen molar-refractivity contribution in [3.05, 3.63) is 52.0 Å². The molecule has 0 saturated heterocycles. The molecule has 100 valence electrons. The van der Waals surface area contributed by atoms with Gasteiger partial charge in [-0.1, -0.05) is 38.9 Å². The van der Waals surface area contributed by atoms with E-state index in [0.29, 0.717) is 10.7 Å². The van der Waals surface area contributed by atoms with Crippen molar-refractivity contribution in [2.24, 2.45) is 4.99 Å². The van der Waals surface area contributed by atoms with Crippen molar-refractivity contribution in [2.75, 3.05) is 0 Å². The van der Waals surface area contributed by atoms with Crippen LogP contribution in [0.4, 0.5) is 5.13 Å². The average molecular weight is 347 g/mol. The topological polar surface area (TPSA) is 45.5 Å². The predicted molar refractivity (Wildman–Crippen MR) is 87.4 cm³/mol. The van der Waals surface area contributed by atoms with E-state index in [1.165, 1.54) is 11.3 Å². The molecule has 0 bridgehead atoms. The van der Waals surface area contributed by atoms with Crippen LogP contribution in [0.3, 0.4) is 0 Å². The SMILES string of the molecule is Cc1ccc(O)c(/C=N/c2nc3ccc(Br)cc3s2)c1. The molecule has 0 unspecified atom stereocenters. The number of hydrogen-bond donors (Lipinski definition) is 1. The van der Waals surface area contributed by atoms with E-state index in [9.17, 15) is 5.11 Å². The highest BCUT2D eigenvalue weighted by molar-refractivity contribution is 9.10. The first-order valence-electron chi connectivity index (χ1n) is 6.01. The van der Waals surface area contributed by atoms with Crippen molar-refractivity contribution >= 4 is 48.8 Å². The molecule has 0 aliphatic rings. The van der Waals surface area contributed by atoms with Gasteiger partial charge in [-0.25, -0.2) is 9.98 Å². The van der Waals surface area contributed by atoms with Gasteiger partial charge >= 0.3 is 0 Å². The minimum Gasteiger partial charge on any atom is -0.507 e. The molecule has 0 aliphatic carbocycles. The van der Waals surface area contributed by atoms with Gasteiger partial charge in [0.2, 0.25) is 5.13 Å². The highest BCUT2D eigenvalue weighted by Gasteiger charge is 2.03. The van der Waals surface area contributed by atoms with Gasteiger partial charge in [0.25, 0.3) is 0 Å². The van der Waals surface area contributed by atoms with E-state index in [2.05, 4.69) is 25.9 Å². The maximum Gasteiger partial charge on any atom is 0.210 e. The molecule has 1 heterocycles. The van der Waals surface area contributed by atoms with Gasteiger partial charge in [0.1, 0.15) is 5.75 Å². The van der Waals surface area contributed by atoms with Crippen LogP contribution >= 0.6 is 27.3 Å². The van der Waals surface area contributed by atoms with E-state index in [1.54, 1.807) is 12.3 Å². The zero-order valence-corrected chi connectivity index (χ0v) is 13.1. The van der Waals surface area contributed by atoms with Crippen LogP contribution in [0.1, 0.15) is 11.1 Å². The fourth-order valence-corrected chi connectivity index (χ4v) is 3.21. The van der Waals surface area contributed by atoms with Crippen molar-refractivity contribution in [3.8, 4) is 5.75 Å². The number of aryl methyl sites for hydroxylation is 1. The Bertz CT molecular complexity index is 811. The predicted octanol–water partition coefficient (Wildman–Crippen LogP) is 4.82. The number of nitrogens with zero attached hydrogens (tertiary/aromatic N) is 2. The van der Waals surface area contributed by atoms with Crippen molar-refractivity contribution in [1.29, 1.82) is 0 Å². The number of hydrogen-bond acceptors (Lipinski definition) is 4. The Balaban J connectivity index is 1.96. The Hall–Kier alpha value is -1.72. The number of rotatable bonds is 2. The van der Waals surface area contributed by atoms with Crippen LogP contribution in [0.2, 0.25) is 0 Å². The van der Waals surface area contributed by atoms with E-state index in [0.717, 1.165) is 20.3 Å². The fraction of sp³-hybridized carbons (Fsp3) is 0.0667. The molecule has 0 spiro atoms. The molecule has 1 N–H and O–H groups in total. The largest absolute Gasteiger partial charge is 0.507 e. The van der Waals surface area contributed by atoms with Gasteiger partial charge in [-0.05, 0) is 37.3 Å². The maximum atomic E-state index is 9.77. The highest BCUT2D eigenvalue weighted by Crippen LogP contribution is 2.30. The molecule has 5 heteroatoms. The summed E-state index contributed by atoms with van der Waals surface area (Å²) in [5.41, 5.74) is 2.71. The van der Waals surface area contributed by atoms with Gasteiger partial charge in [-0.2, -0.15) is 0 Å². The van der Waals surface area contributed by atoms with Crippen LogP contribution < -0.4 is 0 Å². The van der Waals surface area contributed by atoms with Crippen LogP contribution in [-0.2, 0) is 0 Å². The molecular formula is C15H11BrN2OS. The first-order chi connectivity index (χ1) is 9.61. The number of thiazole rings is 1. The number of aliphatic imine (C=N–C) groups is 1. The van der Waals surface area contributed by atoms with Gasteiger partial charge < -0.3 is 5.11 Å². The molecule has 0 atom stereocenters. The first kappa shape index (κ1) is 13.3. The summed E-state index contributed by atoms with van der Waals surface area (Å²) in [6.45, 7) is 1.98. The van der Waals surface area contributed by atoms with Crippen molar-refractivity contribution in [2.45, 2.75) is 6.92 Å². The summed E-state index contributed by atoms with van der Waals surface area (Å²) >= 11 is 4.96. The molecule has 3 aromatic rings. The number of aromatic nitrogens is 1. The van der Waals surface area contributed by atoms with E-state index in [4.69, 9.17) is 0 Å². The quantitative estimate of drug-likeness (QED) is 0.676.